The first-order chi connectivity index (χ1) is 7.10. The molecular formula is C8H12F2N4O. The number of nitrogens with one attached hydrogen (secondary N) is 1. The first-order valence-electron chi connectivity index (χ1n) is 4.24. The smallest absolute Gasteiger partial charge is 0.178 e. The molecule has 7 heteroatoms. The summed E-state index contributed by atoms with van der Waals surface area (Å²) in [4.78, 5) is 4.99. The molecule has 0 spiro atoms. The number of halogens is 2. The summed E-state index contributed by atoms with van der Waals surface area (Å²) in [5.41, 5.74) is 2.02. The normalized spacial score (nSPS) is 10.2. The van der Waals surface area contributed by atoms with Crippen LogP contribution >= 0.6 is 0 Å². The standard InChI is InChI=1S/C8H12F2N4O/c1-14(2-3-15)8-6(10)4-5(9)7(12-8)13-11/h4,15H,2-3,11H2,1H3,(H,12,13). The maximum Gasteiger partial charge on any atom is 0.178 e. The van der Waals surface area contributed by atoms with Gasteiger partial charge in [0.2, 0.25) is 0 Å². The first kappa shape index (κ1) is 11.6. The maximum atomic E-state index is 13.2. The van der Waals surface area contributed by atoms with Crippen molar-refractivity contribution in [2.75, 3.05) is 30.5 Å². The fraction of sp³-hybridized carbons (Fsp3) is 0.375. The quantitative estimate of drug-likeness (QED) is 0.492. The molecule has 0 aromatic carbocycles. The zero-order valence-corrected chi connectivity index (χ0v) is 8.17. The third-order valence-electron chi connectivity index (χ3n) is 1.84. The summed E-state index contributed by atoms with van der Waals surface area (Å²) in [5, 5.41) is 8.66. The minimum Gasteiger partial charge on any atom is -0.395 e. The number of rotatable bonds is 4. The highest BCUT2D eigenvalue weighted by molar-refractivity contribution is 5.48. The number of aliphatic hydroxyl groups is 1. The van der Waals surface area contributed by atoms with Crippen LogP contribution in [0.3, 0.4) is 0 Å². The maximum absolute atomic E-state index is 13.2. The number of aromatic nitrogens is 1. The molecule has 0 saturated heterocycles. The lowest BCUT2D eigenvalue weighted by atomic mass is 10.3. The van der Waals surface area contributed by atoms with Crippen LogP contribution in [0.4, 0.5) is 20.4 Å². The van der Waals surface area contributed by atoms with Crippen LogP contribution in [-0.2, 0) is 0 Å². The molecule has 0 amide bonds. The monoisotopic (exact) mass is 218 g/mol. The minimum atomic E-state index is -0.865. The van der Waals surface area contributed by atoms with Gasteiger partial charge < -0.3 is 15.4 Å². The van der Waals surface area contributed by atoms with Gasteiger partial charge in [0, 0.05) is 19.7 Å². The topological polar surface area (TPSA) is 74.4 Å². The van der Waals surface area contributed by atoms with E-state index in [4.69, 9.17) is 10.9 Å². The van der Waals surface area contributed by atoms with Crippen molar-refractivity contribution in [2.24, 2.45) is 5.84 Å². The number of nitrogen functional groups attached to an aromatic ring is 1. The lowest BCUT2D eigenvalue weighted by Gasteiger charge is -2.18. The highest BCUT2D eigenvalue weighted by Crippen LogP contribution is 2.20. The molecule has 0 radical (unpaired) electrons. The summed E-state index contributed by atoms with van der Waals surface area (Å²) in [5.74, 6) is 3.02. The molecule has 1 heterocycles. The van der Waals surface area contributed by atoms with E-state index in [0.29, 0.717) is 6.07 Å². The number of nitrogens with two attached hydrogens (primary N) is 1. The highest BCUT2D eigenvalue weighted by atomic mass is 19.1. The van der Waals surface area contributed by atoms with E-state index in [1.54, 1.807) is 0 Å². The van der Waals surface area contributed by atoms with Gasteiger partial charge >= 0.3 is 0 Å². The molecule has 0 fully saturated rings. The van der Waals surface area contributed by atoms with E-state index in [0.717, 1.165) is 0 Å². The van der Waals surface area contributed by atoms with Gasteiger partial charge in [-0.15, -0.1) is 0 Å². The Morgan fingerprint density at radius 3 is 2.73 bits per heavy atom. The Bertz CT molecular complexity index is 348. The van der Waals surface area contributed by atoms with Gasteiger partial charge in [-0.3, -0.25) is 0 Å². The lowest BCUT2D eigenvalue weighted by Crippen LogP contribution is -2.24. The number of hydrazine groups is 1. The summed E-state index contributed by atoms with van der Waals surface area (Å²) in [6.45, 7) is 0.0416. The van der Waals surface area contributed by atoms with Crippen molar-refractivity contribution in [3.05, 3.63) is 17.7 Å². The van der Waals surface area contributed by atoms with Crippen molar-refractivity contribution in [3.8, 4) is 0 Å². The van der Waals surface area contributed by atoms with Crippen LogP contribution in [-0.4, -0.2) is 30.3 Å². The highest BCUT2D eigenvalue weighted by Gasteiger charge is 2.14. The van der Waals surface area contributed by atoms with Crippen LogP contribution in [0.5, 0.6) is 0 Å². The van der Waals surface area contributed by atoms with E-state index >= 15 is 0 Å². The molecule has 1 aromatic rings. The van der Waals surface area contributed by atoms with E-state index in [9.17, 15) is 8.78 Å². The lowest BCUT2D eigenvalue weighted by molar-refractivity contribution is 0.303. The SMILES string of the molecule is CN(CCO)c1nc(NN)c(F)cc1F. The predicted octanol–water partition coefficient (Wildman–Crippen LogP) is 0.0739. The van der Waals surface area contributed by atoms with Gasteiger partial charge in [-0.05, 0) is 0 Å². The van der Waals surface area contributed by atoms with Gasteiger partial charge in [0.15, 0.2) is 23.3 Å². The summed E-state index contributed by atoms with van der Waals surface area (Å²) in [7, 11) is 1.53. The Balaban J connectivity index is 3.06. The summed E-state index contributed by atoms with van der Waals surface area (Å²) >= 11 is 0. The summed E-state index contributed by atoms with van der Waals surface area (Å²) < 4.78 is 26.2. The van der Waals surface area contributed by atoms with Crippen molar-refractivity contribution >= 4 is 11.6 Å². The second-order valence-corrected chi connectivity index (χ2v) is 2.91. The molecular weight excluding hydrogens is 206 g/mol. The predicted molar refractivity (Wildman–Crippen MR) is 52.3 cm³/mol. The second-order valence-electron chi connectivity index (χ2n) is 2.91. The molecule has 5 nitrogen and oxygen atoms in total. The third kappa shape index (κ3) is 2.51. The number of aliphatic hydroxyl groups excluding tert-OH is 1. The molecule has 0 bridgehead atoms. The summed E-state index contributed by atoms with van der Waals surface area (Å²) in [6.07, 6.45) is 0. The molecule has 0 aliphatic heterocycles. The van der Waals surface area contributed by atoms with E-state index in [1.165, 1.54) is 11.9 Å². The van der Waals surface area contributed by atoms with E-state index in [-0.39, 0.29) is 24.8 Å². The Morgan fingerprint density at radius 2 is 2.20 bits per heavy atom. The largest absolute Gasteiger partial charge is 0.395 e. The molecule has 0 atom stereocenters. The van der Waals surface area contributed by atoms with E-state index < -0.39 is 11.6 Å². The van der Waals surface area contributed by atoms with Crippen molar-refractivity contribution in [3.63, 3.8) is 0 Å². The average Bonchev–Trinajstić information content (AvgIpc) is 2.18. The Kier molecular flexibility index (Phi) is 3.75. The number of nitrogens with zero attached hydrogens (tertiary/aromatic N) is 2. The van der Waals surface area contributed by atoms with Crippen LogP contribution in [0.2, 0.25) is 0 Å². The second kappa shape index (κ2) is 4.85. The van der Waals surface area contributed by atoms with Crippen LogP contribution in [0.1, 0.15) is 0 Å². The van der Waals surface area contributed by atoms with Gasteiger partial charge in [0.1, 0.15) is 0 Å². The molecule has 84 valence electrons. The zero-order valence-electron chi connectivity index (χ0n) is 8.17. The first-order valence-corrected chi connectivity index (χ1v) is 4.24. The van der Waals surface area contributed by atoms with Gasteiger partial charge in [0.05, 0.1) is 6.61 Å². The van der Waals surface area contributed by atoms with Gasteiger partial charge in [-0.25, -0.2) is 19.6 Å². The van der Waals surface area contributed by atoms with Gasteiger partial charge in [0.25, 0.3) is 0 Å². The van der Waals surface area contributed by atoms with Crippen LogP contribution < -0.4 is 16.2 Å². The number of hydrogen-bond donors (Lipinski definition) is 3. The van der Waals surface area contributed by atoms with Crippen molar-refractivity contribution in [1.82, 2.24) is 4.98 Å². The molecule has 4 N–H and O–H groups in total. The minimum absolute atomic E-state index is 0.0709. The van der Waals surface area contributed by atoms with E-state index in [2.05, 4.69) is 4.98 Å². The fourth-order valence-corrected chi connectivity index (χ4v) is 1.08. The number of pyridine rings is 1. The molecule has 1 aromatic heterocycles. The molecule has 15 heavy (non-hydrogen) atoms. The number of hydrogen-bond acceptors (Lipinski definition) is 5. The summed E-state index contributed by atoms with van der Waals surface area (Å²) in [6, 6.07) is 0.686. The van der Waals surface area contributed by atoms with Crippen molar-refractivity contribution < 1.29 is 13.9 Å². The van der Waals surface area contributed by atoms with Crippen LogP contribution in [0, 0.1) is 11.6 Å². The van der Waals surface area contributed by atoms with Gasteiger partial charge in [-0.2, -0.15) is 0 Å². The van der Waals surface area contributed by atoms with Gasteiger partial charge in [-0.1, -0.05) is 0 Å². The van der Waals surface area contributed by atoms with Crippen LogP contribution in [0.25, 0.3) is 0 Å². The fourth-order valence-electron chi connectivity index (χ4n) is 1.08. The number of anilines is 2. The zero-order chi connectivity index (χ0) is 11.4. The average molecular weight is 218 g/mol. The molecule has 0 saturated carbocycles. The van der Waals surface area contributed by atoms with Crippen molar-refractivity contribution in [1.29, 1.82) is 0 Å². The Morgan fingerprint density at radius 1 is 1.53 bits per heavy atom. The van der Waals surface area contributed by atoms with Crippen molar-refractivity contribution in [2.45, 2.75) is 0 Å². The van der Waals surface area contributed by atoms with E-state index in [1.807, 2.05) is 5.43 Å². The van der Waals surface area contributed by atoms with Crippen LogP contribution in [0.15, 0.2) is 6.07 Å². The third-order valence-corrected chi connectivity index (χ3v) is 1.84. The molecule has 0 aliphatic carbocycles. The molecule has 1 rings (SSSR count). The Hall–Kier alpha value is -1.47. The molecule has 0 aliphatic rings. The number of likely N-dealkylation sites (N-methyl/N-ethyl adjacent to an activating group) is 1. The Labute approximate surface area is 85.5 Å². The molecule has 0 unspecified atom stereocenters.